The van der Waals surface area contributed by atoms with Gasteiger partial charge >= 0.3 is 5.97 Å². The van der Waals surface area contributed by atoms with Crippen LogP contribution in [0.25, 0.3) is 0 Å². The van der Waals surface area contributed by atoms with Crippen molar-refractivity contribution >= 4 is 23.3 Å². The number of rotatable bonds is 2. The summed E-state index contributed by atoms with van der Waals surface area (Å²) in [4.78, 5) is 25.5. The summed E-state index contributed by atoms with van der Waals surface area (Å²) in [5.41, 5.74) is 1.89. The van der Waals surface area contributed by atoms with E-state index in [2.05, 4.69) is 10.6 Å². The van der Waals surface area contributed by atoms with Crippen molar-refractivity contribution in [2.24, 2.45) is 5.92 Å². The van der Waals surface area contributed by atoms with Crippen molar-refractivity contribution in [2.75, 3.05) is 29.9 Å². The van der Waals surface area contributed by atoms with Gasteiger partial charge in [-0.1, -0.05) is 12.1 Å². The van der Waals surface area contributed by atoms with Crippen molar-refractivity contribution in [2.45, 2.75) is 18.9 Å². The lowest BCUT2D eigenvalue weighted by atomic mass is 9.93. The van der Waals surface area contributed by atoms with Crippen LogP contribution in [0.15, 0.2) is 24.3 Å². The van der Waals surface area contributed by atoms with E-state index in [0.717, 1.165) is 17.9 Å². The Kier molecular flexibility index (Phi) is 3.79. The minimum Gasteiger partial charge on any atom is -0.480 e. The average Bonchev–Trinajstić information content (AvgIpc) is 2.53. The maximum absolute atomic E-state index is 12.7. The molecule has 0 aromatic heterocycles. The fraction of sp³-hybridized carbons (Fsp3) is 0.467. The third-order valence-electron chi connectivity index (χ3n) is 4.17. The van der Waals surface area contributed by atoms with Gasteiger partial charge in [-0.3, -0.25) is 9.59 Å². The third-order valence-corrected chi connectivity index (χ3v) is 4.17. The van der Waals surface area contributed by atoms with Gasteiger partial charge in [-0.15, -0.1) is 0 Å². The monoisotopic (exact) mass is 289 g/mol. The summed E-state index contributed by atoms with van der Waals surface area (Å²) in [5, 5.41) is 15.2. The molecule has 0 bridgehead atoms. The molecule has 1 aromatic carbocycles. The number of carboxylic acids is 1. The van der Waals surface area contributed by atoms with E-state index in [1.807, 2.05) is 29.2 Å². The number of aliphatic carboxylic acids is 1. The number of benzene rings is 1. The molecule has 112 valence electrons. The van der Waals surface area contributed by atoms with Gasteiger partial charge in [-0.25, -0.2) is 0 Å². The quantitative estimate of drug-likeness (QED) is 0.753. The van der Waals surface area contributed by atoms with Gasteiger partial charge < -0.3 is 20.6 Å². The molecule has 3 N–H and O–H groups in total. The number of anilines is 2. The average molecular weight is 289 g/mol. The first-order valence-corrected chi connectivity index (χ1v) is 7.27. The smallest absolute Gasteiger partial charge is 0.320 e. The van der Waals surface area contributed by atoms with Crippen LogP contribution in [0.5, 0.6) is 0 Å². The van der Waals surface area contributed by atoms with Gasteiger partial charge in [0.05, 0.1) is 17.3 Å². The number of piperidine rings is 1. The summed E-state index contributed by atoms with van der Waals surface area (Å²) in [5.74, 6) is -0.902. The van der Waals surface area contributed by atoms with Gasteiger partial charge in [-0.05, 0) is 25.0 Å². The minimum atomic E-state index is -0.839. The number of hydrogen-bond acceptors (Lipinski definition) is 4. The van der Waals surface area contributed by atoms with E-state index in [0.29, 0.717) is 25.9 Å². The summed E-state index contributed by atoms with van der Waals surface area (Å²) in [6.45, 7) is 1.82. The standard InChI is InChI=1S/C15H19N3O3/c19-14(10-5-6-12(15(20)21)17-9-10)18-8-7-16-11-3-1-2-4-13(11)18/h1-4,10,12,16-17H,5-9H2,(H,20,21). The third kappa shape index (κ3) is 2.71. The topological polar surface area (TPSA) is 81.7 Å². The van der Waals surface area contributed by atoms with Crippen LogP contribution >= 0.6 is 0 Å². The second-order valence-electron chi connectivity index (χ2n) is 5.51. The molecule has 2 aliphatic rings. The Bertz CT molecular complexity index is 553. The Labute approximate surface area is 123 Å². The number of carboxylic acid groups (broad SMARTS) is 1. The Hall–Kier alpha value is -2.08. The second-order valence-corrected chi connectivity index (χ2v) is 5.51. The predicted molar refractivity (Wildman–Crippen MR) is 79.4 cm³/mol. The van der Waals surface area contributed by atoms with Crippen LogP contribution in [-0.2, 0) is 9.59 Å². The number of fused-ring (bicyclic) bond motifs is 1. The Morgan fingerprint density at radius 2 is 2.05 bits per heavy atom. The summed E-state index contributed by atoms with van der Waals surface area (Å²) in [6.07, 6.45) is 1.12. The van der Waals surface area contributed by atoms with Crippen molar-refractivity contribution in [3.63, 3.8) is 0 Å². The summed E-state index contributed by atoms with van der Waals surface area (Å²) < 4.78 is 0. The molecular formula is C15H19N3O3. The SMILES string of the molecule is O=C(O)C1CCC(C(=O)N2CCNc3ccccc32)CN1. The summed E-state index contributed by atoms with van der Waals surface area (Å²) >= 11 is 0. The first-order valence-electron chi connectivity index (χ1n) is 7.27. The largest absolute Gasteiger partial charge is 0.480 e. The minimum absolute atomic E-state index is 0.0836. The number of amides is 1. The second kappa shape index (κ2) is 5.73. The molecule has 6 heteroatoms. The van der Waals surface area contributed by atoms with Gasteiger partial charge in [0, 0.05) is 19.6 Å². The predicted octanol–water partition coefficient (Wildman–Crippen LogP) is 0.898. The maximum Gasteiger partial charge on any atom is 0.320 e. The first kappa shape index (κ1) is 13.9. The Morgan fingerprint density at radius 1 is 1.24 bits per heavy atom. The number of carbonyl (C=O) groups excluding carboxylic acids is 1. The van der Waals surface area contributed by atoms with Crippen molar-refractivity contribution in [3.8, 4) is 0 Å². The van der Waals surface area contributed by atoms with Crippen LogP contribution < -0.4 is 15.5 Å². The van der Waals surface area contributed by atoms with E-state index in [1.165, 1.54) is 0 Å². The highest BCUT2D eigenvalue weighted by Crippen LogP contribution is 2.30. The van der Waals surface area contributed by atoms with E-state index >= 15 is 0 Å². The van der Waals surface area contributed by atoms with Gasteiger partial charge in [0.1, 0.15) is 6.04 Å². The number of hydrogen-bond donors (Lipinski definition) is 3. The molecule has 1 fully saturated rings. The van der Waals surface area contributed by atoms with Crippen LogP contribution in [0.2, 0.25) is 0 Å². The maximum atomic E-state index is 12.7. The Balaban J connectivity index is 1.71. The van der Waals surface area contributed by atoms with Crippen LogP contribution in [0, 0.1) is 5.92 Å². The molecule has 2 aliphatic heterocycles. The van der Waals surface area contributed by atoms with Crippen molar-refractivity contribution in [1.29, 1.82) is 0 Å². The highest BCUT2D eigenvalue weighted by molar-refractivity contribution is 5.99. The molecule has 2 heterocycles. The highest BCUT2D eigenvalue weighted by Gasteiger charge is 2.33. The molecule has 0 aliphatic carbocycles. The Morgan fingerprint density at radius 3 is 2.76 bits per heavy atom. The molecule has 21 heavy (non-hydrogen) atoms. The zero-order valence-corrected chi connectivity index (χ0v) is 11.7. The molecular weight excluding hydrogens is 270 g/mol. The summed E-state index contributed by atoms with van der Waals surface area (Å²) in [6, 6.07) is 7.25. The molecule has 2 atom stereocenters. The molecule has 2 unspecified atom stereocenters. The number of para-hydroxylation sites is 2. The fourth-order valence-corrected chi connectivity index (χ4v) is 3.01. The van der Waals surface area contributed by atoms with Crippen molar-refractivity contribution < 1.29 is 14.7 Å². The summed E-state index contributed by atoms with van der Waals surface area (Å²) in [7, 11) is 0. The molecule has 0 radical (unpaired) electrons. The zero-order chi connectivity index (χ0) is 14.8. The van der Waals surface area contributed by atoms with Gasteiger partial charge in [0.15, 0.2) is 0 Å². The molecule has 1 amide bonds. The normalized spacial score (nSPS) is 24.9. The lowest BCUT2D eigenvalue weighted by molar-refractivity contribution is -0.141. The van der Waals surface area contributed by atoms with E-state index in [1.54, 1.807) is 0 Å². The fourth-order valence-electron chi connectivity index (χ4n) is 3.01. The van der Waals surface area contributed by atoms with Crippen LogP contribution in [0.4, 0.5) is 11.4 Å². The molecule has 1 aromatic rings. The van der Waals surface area contributed by atoms with Gasteiger partial charge in [0.25, 0.3) is 0 Å². The lowest BCUT2D eigenvalue weighted by Crippen LogP contribution is -2.50. The molecule has 6 nitrogen and oxygen atoms in total. The molecule has 3 rings (SSSR count). The van der Waals surface area contributed by atoms with Crippen molar-refractivity contribution in [3.05, 3.63) is 24.3 Å². The van der Waals surface area contributed by atoms with E-state index < -0.39 is 12.0 Å². The van der Waals surface area contributed by atoms with E-state index in [9.17, 15) is 9.59 Å². The highest BCUT2D eigenvalue weighted by atomic mass is 16.4. The zero-order valence-electron chi connectivity index (χ0n) is 11.7. The van der Waals surface area contributed by atoms with Gasteiger partial charge in [-0.2, -0.15) is 0 Å². The van der Waals surface area contributed by atoms with E-state index in [-0.39, 0.29) is 11.8 Å². The number of nitrogens with zero attached hydrogens (tertiary/aromatic N) is 1. The number of nitrogens with one attached hydrogen (secondary N) is 2. The first-order chi connectivity index (χ1) is 10.2. The van der Waals surface area contributed by atoms with Gasteiger partial charge in [0.2, 0.25) is 5.91 Å². The van der Waals surface area contributed by atoms with Crippen molar-refractivity contribution in [1.82, 2.24) is 5.32 Å². The van der Waals surface area contributed by atoms with Crippen LogP contribution in [0.3, 0.4) is 0 Å². The van der Waals surface area contributed by atoms with Crippen LogP contribution in [0.1, 0.15) is 12.8 Å². The molecule has 1 saturated heterocycles. The molecule has 0 saturated carbocycles. The lowest BCUT2D eigenvalue weighted by Gasteiger charge is -2.35. The van der Waals surface area contributed by atoms with E-state index in [4.69, 9.17) is 5.11 Å². The number of carbonyl (C=O) groups is 2. The molecule has 0 spiro atoms. The van der Waals surface area contributed by atoms with Crippen LogP contribution in [-0.4, -0.2) is 42.7 Å².